The maximum atomic E-state index is 5.13. The van der Waals surface area contributed by atoms with Gasteiger partial charge in [-0.15, -0.1) is 16.4 Å². The van der Waals surface area contributed by atoms with Crippen molar-refractivity contribution in [2.45, 2.75) is 39.7 Å². The average Bonchev–Trinajstić information content (AvgIpc) is 3.00. The van der Waals surface area contributed by atoms with Gasteiger partial charge in [-0.3, -0.25) is 0 Å². The molecule has 0 fully saturated rings. The van der Waals surface area contributed by atoms with Crippen molar-refractivity contribution in [3.05, 3.63) is 16.2 Å². The maximum Gasteiger partial charge on any atom is 0.200 e. The van der Waals surface area contributed by atoms with Gasteiger partial charge in [0.1, 0.15) is 11.5 Å². The molecule has 0 saturated carbocycles. The topological polar surface area (TPSA) is 52.8 Å². The van der Waals surface area contributed by atoms with Gasteiger partial charge in [-0.2, -0.15) is 0 Å². The Kier molecular flexibility index (Phi) is 5.04. The summed E-state index contributed by atoms with van der Waals surface area (Å²) >= 11 is 1.63. The van der Waals surface area contributed by atoms with Gasteiger partial charge in [0.25, 0.3) is 0 Å². The number of ether oxygens (including phenoxy) is 1. The second-order valence-corrected chi connectivity index (χ2v) is 5.49. The SMILES string of the molecule is CCCCn1nc(-c2csc(C)n2)nc1CCOC. The van der Waals surface area contributed by atoms with E-state index in [1.807, 2.05) is 17.0 Å². The lowest BCUT2D eigenvalue weighted by molar-refractivity contribution is 0.199. The molecule has 0 aromatic carbocycles. The molecule has 2 heterocycles. The van der Waals surface area contributed by atoms with Crippen LogP contribution >= 0.6 is 11.3 Å². The molecule has 0 N–H and O–H groups in total. The number of unbranched alkanes of at least 4 members (excludes halogenated alkanes) is 1. The van der Waals surface area contributed by atoms with E-state index < -0.39 is 0 Å². The van der Waals surface area contributed by atoms with E-state index in [-0.39, 0.29) is 0 Å². The third kappa shape index (κ3) is 3.61. The van der Waals surface area contributed by atoms with Crippen molar-refractivity contribution >= 4 is 11.3 Å². The van der Waals surface area contributed by atoms with Gasteiger partial charge in [0.2, 0.25) is 5.82 Å². The summed E-state index contributed by atoms with van der Waals surface area (Å²) in [7, 11) is 1.71. The maximum absolute atomic E-state index is 5.13. The van der Waals surface area contributed by atoms with Crippen LogP contribution in [-0.2, 0) is 17.7 Å². The van der Waals surface area contributed by atoms with Gasteiger partial charge in [-0.25, -0.2) is 14.6 Å². The Morgan fingerprint density at radius 1 is 1.37 bits per heavy atom. The predicted molar refractivity (Wildman–Crippen MR) is 76.4 cm³/mol. The van der Waals surface area contributed by atoms with Crippen molar-refractivity contribution in [1.29, 1.82) is 0 Å². The molecule has 0 bridgehead atoms. The number of methoxy groups -OCH3 is 1. The third-order valence-corrected chi connectivity index (χ3v) is 3.62. The molecule has 0 unspecified atom stereocenters. The summed E-state index contributed by atoms with van der Waals surface area (Å²) in [6.45, 7) is 5.75. The van der Waals surface area contributed by atoms with E-state index in [4.69, 9.17) is 4.74 Å². The summed E-state index contributed by atoms with van der Waals surface area (Å²) in [5, 5.41) is 7.63. The first-order chi connectivity index (χ1) is 9.24. The summed E-state index contributed by atoms with van der Waals surface area (Å²) < 4.78 is 7.12. The molecule has 0 radical (unpaired) electrons. The van der Waals surface area contributed by atoms with Crippen LogP contribution in [0.3, 0.4) is 0 Å². The lowest BCUT2D eigenvalue weighted by Gasteiger charge is -2.03. The number of hydrogen-bond acceptors (Lipinski definition) is 5. The number of rotatable bonds is 7. The van der Waals surface area contributed by atoms with E-state index in [1.54, 1.807) is 18.4 Å². The Hall–Kier alpha value is -1.27. The number of aryl methyl sites for hydroxylation is 2. The highest BCUT2D eigenvalue weighted by molar-refractivity contribution is 7.09. The van der Waals surface area contributed by atoms with Gasteiger partial charge in [-0.05, 0) is 13.3 Å². The lowest BCUT2D eigenvalue weighted by Crippen LogP contribution is -2.08. The van der Waals surface area contributed by atoms with Crippen molar-refractivity contribution < 1.29 is 4.74 Å². The Labute approximate surface area is 117 Å². The molecule has 0 saturated heterocycles. The Balaban J connectivity index is 2.22. The van der Waals surface area contributed by atoms with Gasteiger partial charge < -0.3 is 4.74 Å². The summed E-state index contributed by atoms with van der Waals surface area (Å²) in [6.07, 6.45) is 3.05. The Morgan fingerprint density at radius 2 is 2.21 bits per heavy atom. The highest BCUT2D eigenvalue weighted by Gasteiger charge is 2.13. The van der Waals surface area contributed by atoms with Gasteiger partial charge in [0.15, 0.2) is 0 Å². The molecule has 2 aromatic heterocycles. The molecule has 0 aliphatic rings. The van der Waals surface area contributed by atoms with E-state index in [0.29, 0.717) is 6.61 Å². The molecule has 104 valence electrons. The number of thiazole rings is 1. The molecular weight excluding hydrogens is 260 g/mol. The lowest BCUT2D eigenvalue weighted by atomic mass is 10.3. The zero-order chi connectivity index (χ0) is 13.7. The first-order valence-electron chi connectivity index (χ1n) is 6.59. The number of nitrogens with zero attached hydrogens (tertiary/aromatic N) is 4. The highest BCUT2D eigenvalue weighted by Crippen LogP contribution is 2.19. The van der Waals surface area contributed by atoms with Gasteiger partial charge in [0.05, 0.1) is 11.6 Å². The smallest absolute Gasteiger partial charge is 0.200 e. The molecule has 6 heteroatoms. The van der Waals surface area contributed by atoms with Crippen LogP contribution in [0.25, 0.3) is 11.5 Å². The van der Waals surface area contributed by atoms with Gasteiger partial charge in [-0.1, -0.05) is 13.3 Å². The Morgan fingerprint density at radius 3 is 2.84 bits per heavy atom. The molecule has 0 atom stereocenters. The first-order valence-corrected chi connectivity index (χ1v) is 7.47. The van der Waals surface area contributed by atoms with E-state index in [2.05, 4.69) is 22.0 Å². The summed E-state index contributed by atoms with van der Waals surface area (Å²) in [4.78, 5) is 9.05. The van der Waals surface area contributed by atoms with Crippen LogP contribution in [0.1, 0.15) is 30.6 Å². The Bertz CT molecular complexity index is 495. The fourth-order valence-electron chi connectivity index (χ4n) is 1.81. The second-order valence-electron chi connectivity index (χ2n) is 4.42. The number of hydrogen-bond donors (Lipinski definition) is 0. The average molecular weight is 280 g/mol. The summed E-state index contributed by atoms with van der Waals surface area (Å²) in [5.74, 6) is 1.71. The fourth-order valence-corrected chi connectivity index (χ4v) is 2.41. The molecule has 0 spiro atoms. The van der Waals surface area contributed by atoms with Gasteiger partial charge in [0, 0.05) is 25.5 Å². The zero-order valence-corrected chi connectivity index (χ0v) is 12.5. The van der Waals surface area contributed by atoms with Crippen molar-refractivity contribution in [1.82, 2.24) is 19.7 Å². The van der Waals surface area contributed by atoms with Crippen LogP contribution in [0.4, 0.5) is 0 Å². The molecule has 2 aromatic rings. The van der Waals surface area contributed by atoms with Crippen LogP contribution in [0.15, 0.2) is 5.38 Å². The van der Waals surface area contributed by atoms with Gasteiger partial charge >= 0.3 is 0 Å². The highest BCUT2D eigenvalue weighted by atomic mass is 32.1. The van der Waals surface area contributed by atoms with E-state index >= 15 is 0 Å². The fraction of sp³-hybridized carbons (Fsp3) is 0.615. The minimum Gasteiger partial charge on any atom is -0.384 e. The molecule has 19 heavy (non-hydrogen) atoms. The molecule has 0 aliphatic heterocycles. The molecule has 0 aliphatic carbocycles. The van der Waals surface area contributed by atoms with Crippen LogP contribution in [0, 0.1) is 6.92 Å². The standard InChI is InChI=1S/C13H20N4OS/c1-4-5-7-17-12(6-8-18-3)15-13(16-17)11-9-19-10(2)14-11/h9H,4-8H2,1-3H3. The minimum atomic E-state index is 0.667. The molecule has 2 rings (SSSR count). The van der Waals surface area contributed by atoms with Crippen LogP contribution in [-0.4, -0.2) is 33.5 Å². The van der Waals surface area contributed by atoms with E-state index in [1.165, 1.54) is 0 Å². The van der Waals surface area contributed by atoms with Crippen molar-refractivity contribution in [2.75, 3.05) is 13.7 Å². The first kappa shape index (κ1) is 14.1. The third-order valence-electron chi connectivity index (χ3n) is 2.85. The largest absolute Gasteiger partial charge is 0.384 e. The monoisotopic (exact) mass is 280 g/mol. The quantitative estimate of drug-likeness (QED) is 0.782. The van der Waals surface area contributed by atoms with Crippen LogP contribution in [0.5, 0.6) is 0 Å². The minimum absolute atomic E-state index is 0.667. The number of aromatic nitrogens is 4. The van der Waals surface area contributed by atoms with Crippen LogP contribution in [0.2, 0.25) is 0 Å². The molecular formula is C13H20N4OS. The normalized spacial score (nSPS) is 11.1. The summed E-state index contributed by atoms with van der Waals surface area (Å²) in [6, 6.07) is 0. The van der Waals surface area contributed by atoms with Crippen molar-refractivity contribution in [3.8, 4) is 11.5 Å². The summed E-state index contributed by atoms with van der Waals surface area (Å²) in [5.41, 5.74) is 0.872. The van der Waals surface area contributed by atoms with E-state index in [9.17, 15) is 0 Å². The molecule has 5 nitrogen and oxygen atoms in total. The molecule has 0 amide bonds. The van der Waals surface area contributed by atoms with Crippen molar-refractivity contribution in [2.24, 2.45) is 0 Å². The zero-order valence-electron chi connectivity index (χ0n) is 11.7. The second kappa shape index (κ2) is 6.77. The predicted octanol–water partition coefficient (Wildman–Crippen LogP) is 2.70. The van der Waals surface area contributed by atoms with Crippen LogP contribution < -0.4 is 0 Å². The van der Waals surface area contributed by atoms with E-state index in [0.717, 1.165) is 48.2 Å². The van der Waals surface area contributed by atoms with Crippen molar-refractivity contribution in [3.63, 3.8) is 0 Å².